The minimum Gasteiger partial charge on any atom is -0.497 e. The molecule has 3 aromatic rings. The summed E-state index contributed by atoms with van der Waals surface area (Å²) in [6.45, 7) is 1.87. The molecule has 2 aromatic carbocycles. The number of hydrogen-bond acceptors (Lipinski definition) is 6. The van der Waals surface area contributed by atoms with Crippen LogP contribution in [0.2, 0.25) is 0 Å². The van der Waals surface area contributed by atoms with Crippen LogP contribution in [0.1, 0.15) is 42.0 Å². The van der Waals surface area contributed by atoms with Crippen molar-refractivity contribution in [2.75, 3.05) is 18.6 Å². The Morgan fingerprint density at radius 3 is 2.41 bits per heavy atom. The standard InChI is InChI=1S/C29H26FNO5S/c1-3-36-29(34)27-22(24-5-4-14-37-24)15-23-26(28(27)33)21(17-6-12-20(35-2)13-7-17)16-25(32)31(23)19-10-8-18(30)9-11-19/h4-14,21-22,27H,3,15-16H2,1-2H3/t21-,22-,27+/m1/s1. The monoisotopic (exact) mass is 519 g/mol. The van der Waals surface area contributed by atoms with Gasteiger partial charge in [0.05, 0.1) is 13.7 Å². The number of amides is 1. The normalized spacial score (nSPS) is 21.6. The molecule has 2 aliphatic rings. The summed E-state index contributed by atoms with van der Waals surface area (Å²) in [5.74, 6) is -2.87. The molecule has 0 saturated heterocycles. The number of allylic oxidation sites excluding steroid dienone is 2. The number of nitrogens with zero attached hydrogens (tertiary/aromatic N) is 1. The number of methoxy groups -OCH3 is 1. The van der Waals surface area contributed by atoms with Gasteiger partial charge in [-0.1, -0.05) is 18.2 Å². The number of carbonyl (C=O) groups excluding carboxylic acids is 3. The van der Waals surface area contributed by atoms with Crippen LogP contribution >= 0.6 is 11.3 Å². The van der Waals surface area contributed by atoms with Crippen molar-refractivity contribution in [2.24, 2.45) is 5.92 Å². The van der Waals surface area contributed by atoms with E-state index in [4.69, 9.17) is 9.47 Å². The molecule has 3 atom stereocenters. The number of halogens is 1. The second-order valence-electron chi connectivity index (χ2n) is 9.02. The van der Waals surface area contributed by atoms with E-state index in [1.54, 1.807) is 26.2 Å². The number of benzene rings is 2. The van der Waals surface area contributed by atoms with Crippen molar-refractivity contribution < 1.29 is 28.2 Å². The number of hydrogen-bond donors (Lipinski definition) is 0. The van der Waals surface area contributed by atoms with Crippen molar-refractivity contribution in [3.8, 4) is 5.75 Å². The Kier molecular flexibility index (Phi) is 6.93. The minimum absolute atomic E-state index is 0.0352. The van der Waals surface area contributed by atoms with Gasteiger partial charge in [-0.15, -0.1) is 11.3 Å². The summed E-state index contributed by atoms with van der Waals surface area (Å²) in [6, 6.07) is 16.7. The first-order valence-electron chi connectivity index (χ1n) is 12.1. The van der Waals surface area contributed by atoms with Crippen LogP contribution in [-0.4, -0.2) is 31.4 Å². The molecule has 190 valence electrons. The maximum absolute atomic E-state index is 14.2. The Bertz CT molecular complexity index is 1350. The molecule has 0 unspecified atom stereocenters. The molecule has 1 amide bonds. The quantitative estimate of drug-likeness (QED) is 0.313. The largest absolute Gasteiger partial charge is 0.497 e. The molecule has 0 spiro atoms. The van der Waals surface area contributed by atoms with Crippen LogP contribution in [0.5, 0.6) is 5.75 Å². The van der Waals surface area contributed by atoms with Gasteiger partial charge in [0, 0.05) is 40.1 Å². The van der Waals surface area contributed by atoms with Crippen LogP contribution in [0, 0.1) is 11.7 Å². The fourth-order valence-corrected chi connectivity index (χ4v) is 6.18. The molecule has 0 fully saturated rings. The van der Waals surface area contributed by atoms with E-state index < -0.39 is 29.5 Å². The summed E-state index contributed by atoms with van der Waals surface area (Å²) in [7, 11) is 1.57. The number of carbonyl (C=O) groups is 3. The van der Waals surface area contributed by atoms with Gasteiger partial charge in [-0.3, -0.25) is 19.3 Å². The van der Waals surface area contributed by atoms with Crippen LogP contribution in [0.15, 0.2) is 77.3 Å². The molecule has 0 saturated carbocycles. The summed E-state index contributed by atoms with van der Waals surface area (Å²) in [5, 5.41) is 1.90. The highest BCUT2D eigenvalue weighted by molar-refractivity contribution is 7.10. The first-order chi connectivity index (χ1) is 17.9. The van der Waals surface area contributed by atoms with Gasteiger partial charge in [0.2, 0.25) is 5.91 Å². The zero-order valence-corrected chi connectivity index (χ0v) is 21.3. The number of ether oxygens (including phenoxy) is 2. The molecule has 1 aliphatic heterocycles. The number of rotatable bonds is 6. The third-order valence-corrected chi connectivity index (χ3v) is 7.98. The number of esters is 1. The van der Waals surface area contributed by atoms with Gasteiger partial charge in [-0.25, -0.2) is 4.39 Å². The topological polar surface area (TPSA) is 72.9 Å². The van der Waals surface area contributed by atoms with E-state index in [0.717, 1.165) is 10.4 Å². The lowest BCUT2D eigenvalue weighted by Gasteiger charge is -2.42. The van der Waals surface area contributed by atoms with E-state index in [0.29, 0.717) is 29.1 Å². The van der Waals surface area contributed by atoms with Crippen LogP contribution in [0.4, 0.5) is 10.1 Å². The van der Waals surface area contributed by atoms with E-state index in [1.165, 1.54) is 40.5 Å². The summed E-state index contributed by atoms with van der Waals surface area (Å²) in [4.78, 5) is 43.4. The van der Waals surface area contributed by atoms with E-state index in [9.17, 15) is 18.8 Å². The van der Waals surface area contributed by atoms with Crippen molar-refractivity contribution in [1.29, 1.82) is 0 Å². The summed E-state index contributed by atoms with van der Waals surface area (Å²) < 4.78 is 24.4. The molecule has 37 heavy (non-hydrogen) atoms. The third kappa shape index (κ3) is 4.57. The van der Waals surface area contributed by atoms with Gasteiger partial charge in [0.25, 0.3) is 0 Å². The summed E-state index contributed by atoms with van der Waals surface area (Å²) >= 11 is 1.46. The van der Waals surface area contributed by atoms with E-state index in [-0.39, 0.29) is 24.7 Å². The van der Waals surface area contributed by atoms with Gasteiger partial charge in [0.15, 0.2) is 5.78 Å². The molecular formula is C29H26FNO5S. The van der Waals surface area contributed by atoms with E-state index in [1.807, 2.05) is 29.6 Å². The highest BCUT2D eigenvalue weighted by Crippen LogP contribution is 2.50. The zero-order valence-electron chi connectivity index (χ0n) is 20.5. The predicted molar refractivity (Wildman–Crippen MR) is 138 cm³/mol. The van der Waals surface area contributed by atoms with E-state index in [2.05, 4.69) is 0 Å². The van der Waals surface area contributed by atoms with Crippen LogP contribution in [0.25, 0.3) is 0 Å². The lowest BCUT2D eigenvalue weighted by molar-refractivity contribution is -0.152. The Hall–Kier alpha value is -3.78. The number of thiophene rings is 1. The molecule has 1 aliphatic carbocycles. The number of Topliss-reactive ketones (excluding diaryl/α,β-unsaturated/α-hetero) is 1. The van der Waals surface area contributed by atoms with Crippen molar-refractivity contribution in [3.05, 3.63) is 93.6 Å². The van der Waals surface area contributed by atoms with Gasteiger partial charge >= 0.3 is 5.97 Å². The Balaban J connectivity index is 1.70. The van der Waals surface area contributed by atoms with Crippen LogP contribution in [0.3, 0.4) is 0 Å². The molecule has 0 N–H and O–H groups in total. The Morgan fingerprint density at radius 1 is 1.05 bits per heavy atom. The predicted octanol–water partition coefficient (Wildman–Crippen LogP) is 5.61. The highest BCUT2D eigenvalue weighted by atomic mass is 32.1. The van der Waals surface area contributed by atoms with Gasteiger partial charge in [0.1, 0.15) is 17.5 Å². The van der Waals surface area contributed by atoms with Gasteiger partial charge < -0.3 is 9.47 Å². The maximum Gasteiger partial charge on any atom is 0.317 e. The average Bonchev–Trinajstić information content (AvgIpc) is 3.44. The van der Waals surface area contributed by atoms with Crippen LogP contribution in [-0.2, 0) is 19.1 Å². The molecule has 8 heteroatoms. The zero-order chi connectivity index (χ0) is 26.1. The van der Waals surface area contributed by atoms with E-state index >= 15 is 0 Å². The van der Waals surface area contributed by atoms with Crippen LogP contribution < -0.4 is 9.64 Å². The third-order valence-electron chi connectivity index (χ3n) is 6.97. The molecule has 6 nitrogen and oxygen atoms in total. The lowest BCUT2D eigenvalue weighted by atomic mass is 9.69. The molecule has 0 bridgehead atoms. The Labute approximate surface area is 218 Å². The molecule has 0 radical (unpaired) electrons. The lowest BCUT2D eigenvalue weighted by Crippen LogP contribution is -2.46. The smallest absolute Gasteiger partial charge is 0.317 e. The fraction of sp³-hybridized carbons (Fsp3) is 0.276. The fourth-order valence-electron chi connectivity index (χ4n) is 5.31. The molecule has 5 rings (SSSR count). The summed E-state index contributed by atoms with van der Waals surface area (Å²) in [5.41, 5.74) is 2.25. The van der Waals surface area contributed by atoms with Crippen molar-refractivity contribution >= 4 is 34.7 Å². The van der Waals surface area contributed by atoms with Crippen molar-refractivity contribution in [3.63, 3.8) is 0 Å². The molecular weight excluding hydrogens is 493 g/mol. The summed E-state index contributed by atoms with van der Waals surface area (Å²) in [6.07, 6.45) is 0.328. The average molecular weight is 520 g/mol. The second-order valence-corrected chi connectivity index (χ2v) is 10.00. The van der Waals surface area contributed by atoms with Crippen molar-refractivity contribution in [2.45, 2.75) is 31.6 Å². The first kappa shape index (κ1) is 24.9. The minimum atomic E-state index is -1.01. The Morgan fingerprint density at radius 2 is 1.78 bits per heavy atom. The van der Waals surface area contributed by atoms with Gasteiger partial charge in [-0.2, -0.15) is 0 Å². The highest BCUT2D eigenvalue weighted by Gasteiger charge is 2.50. The van der Waals surface area contributed by atoms with Gasteiger partial charge in [-0.05, 0) is 66.8 Å². The maximum atomic E-state index is 14.2. The molecule has 1 aromatic heterocycles. The second kappa shape index (κ2) is 10.3. The number of ketones is 1. The number of anilines is 1. The first-order valence-corrected chi connectivity index (χ1v) is 13.0. The SMILES string of the molecule is CCOC(=O)[C@@H]1C(=O)C2=C(C[C@@H]1c1cccs1)N(c1ccc(F)cc1)C(=O)C[C@@H]2c1ccc(OC)cc1. The van der Waals surface area contributed by atoms with Crippen molar-refractivity contribution in [1.82, 2.24) is 0 Å². The molecule has 2 heterocycles.